The van der Waals surface area contributed by atoms with Gasteiger partial charge in [-0.15, -0.1) is 0 Å². The molecule has 0 aromatic heterocycles. The van der Waals surface area contributed by atoms with Gasteiger partial charge in [-0.25, -0.2) is 0 Å². The zero-order valence-electron chi connectivity index (χ0n) is 42.8. The van der Waals surface area contributed by atoms with Gasteiger partial charge in [-0.1, -0.05) is 82.3 Å². The molecule has 8 aromatic rings. The Morgan fingerprint density at radius 2 is 0.738 bits per heavy atom. The lowest BCUT2D eigenvalue weighted by molar-refractivity contribution is -0.138. The average molecular weight is 1110 g/mol. The lowest BCUT2D eigenvalue weighted by Gasteiger charge is -2.37. The number of imide groups is 2. The van der Waals surface area contributed by atoms with Crippen LogP contribution in [0, 0.1) is 0 Å². The highest BCUT2D eigenvalue weighted by atomic mass is 19.4. The van der Waals surface area contributed by atoms with Gasteiger partial charge in [0.05, 0.1) is 44.5 Å². The minimum atomic E-state index is -4.80. The summed E-state index contributed by atoms with van der Waals surface area (Å²) in [6.45, 7) is 6.96. The topological polar surface area (TPSA) is 74.8 Å². The SMILES string of the molecule is CCC(CC)N1C(=O)c2c(-c3ccc(C(F)(F)F)cc3)cc3c4cc(-c5ccc(C(F)(F)F)cc5)c5c6c(c(C7C=CC(C(F)(F)F)=CC7)cc(c7cc(-c8ccc(C(F)(F)F)cc8)c(c2c37)C1=O)c64)C(=O)N(C(CC)CC)C5=O. The van der Waals surface area contributed by atoms with Crippen LogP contribution < -0.4 is 0 Å². The maximum absolute atomic E-state index is 15.6. The second kappa shape index (κ2) is 18.8. The lowest BCUT2D eigenvalue weighted by atomic mass is 9.74. The first-order chi connectivity index (χ1) is 37.7. The number of halogens is 12. The third kappa shape index (κ3) is 8.33. The fraction of sp³-hybridized carbons (Fsp3) is 0.258. The van der Waals surface area contributed by atoms with Crippen molar-refractivity contribution in [2.75, 3.05) is 0 Å². The molecule has 3 aliphatic rings. The summed E-state index contributed by atoms with van der Waals surface area (Å²) in [5.41, 5.74) is -4.21. The van der Waals surface area contributed by atoms with Gasteiger partial charge < -0.3 is 0 Å². The Kier molecular flexibility index (Phi) is 12.7. The fourth-order valence-corrected chi connectivity index (χ4v) is 12.2. The third-order valence-electron chi connectivity index (χ3n) is 16.2. The molecule has 11 rings (SSSR count). The van der Waals surface area contributed by atoms with E-state index in [-0.39, 0.29) is 136 Å². The van der Waals surface area contributed by atoms with Gasteiger partial charge in [0.2, 0.25) is 0 Å². The molecule has 2 aliphatic heterocycles. The van der Waals surface area contributed by atoms with E-state index in [9.17, 15) is 52.7 Å². The summed E-state index contributed by atoms with van der Waals surface area (Å²) in [5.74, 6) is -4.32. The number of carbonyl (C=O) groups excluding carboxylic acids is 4. The van der Waals surface area contributed by atoms with Gasteiger partial charge in [-0.05, 0) is 164 Å². The second-order valence-corrected chi connectivity index (χ2v) is 20.4. The summed E-state index contributed by atoms with van der Waals surface area (Å²) in [6, 6.07) is 16.4. The van der Waals surface area contributed by atoms with Crippen LogP contribution >= 0.6 is 0 Å². The molecular formula is C62H44F12N2O4. The Labute approximate surface area is 448 Å². The number of hydrogen-bond donors (Lipinski definition) is 0. The van der Waals surface area contributed by atoms with E-state index in [1.807, 2.05) is 0 Å². The minimum Gasteiger partial charge on any atom is -0.271 e. The van der Waals surface area contributed by atoms with Crippen molar-refractivity contribution in [3.63, 3.8) is 0 Å². The Morgan fingerprint density at radius 1 is 0.425 bits per heavy atom. The zero-order valence-corrected chi connectivity index (χ0v) is 42.8. The molecule has 2 heterocycles. The van der Waals surface area contributed by atoms with Gasteiger partial charge in [-0.2, -0.15) is 52.7 Å². The van der Waals surface area contributed by atoms with E-state index in [2.05, 4.69) is 0 Å². The van der Waals surface area contributed by atoms with Gasteiger partial charge in [-0.3, -0.25) is 29.0 Å². The number of hydrogen-bond acceptors (Lipinski definition) is 4. The summed E-state index contributed by atoms with van der Waals surface area (Å²) in [6.07, 6.45) is -15.4. The van der Waals surface area contributed by atoms with Crippen LogP contribution in [0.1, 0.15) is 129 Å². The molecule has 1 unspecified atom stereocenters. The number of allylic oxidation sites excluding steroid dienone is 4. The Balaban J connectivity index is 1.40. The van der Waals surface area contributed by atoms with Crippen molar-refractivity contribution in [1.29, 1.82) is 0 Å². The van der Waals surface area contributed by atoms with Crippen LogP contribution in [0.5, 0.6) is 0 Å². The zero-order chi connectivity index (χ0) is 57.4. The fourth-order valence-electron chi connectivity index (χ4n) is 12.2. The van der Waals surface area contributed by atoms with E-state index in [0.717, 1.165) is 94.7 Å². The van der Waals surface area contributed by atoms with Crippen molar-refractivity contribution in [2.45, 2.75) is 103 Å². The first-order valence-electron chi connectivity index (χ1n) is 25.8. The van der Waals surface area contributed by atoms with Gasteiger partial charge in [0.15, 0.2) is 0 Å². The average Bonchev–Trinajstić information content (AvgIpc) is 3.12. The van der Waals surface area contributed by atoms with Gasteiger partial charge in [0.1, 0.15) is 0 Å². The molecule has 0 radical (unpaired) electrons. The maximum atomic E-state index is 15.6. The van der Waals surface area contributed by atoms with Crippen LogP contribution in [0.3, 0.4) is 0 Å². The number of alkyl halides is 12. The summed E-state index contributed by atoms with van der Waals surface area (Å²) in [7, 11) is 0. The molecule has 0 saturated heterocycles. The number of nitrogens with zero attached hydrogens (tertiary/aromatic N) is 2. The standard InChI is InChI=1S/C62H44F12N2O4/c1-5-37(6-2)75-55(77)49-39(29-9-17-33(18-10-29)59(63,64)65)25-43-45-27-41(31-13-21-35(22-14-31)61(69,70)71)51-54-48(45)46(44-26-40(50(56(75)78)53(49)47(43)44)30-11-19-34(20-12-30)60(66,67)68)28-42(32-15-23-36(24-16-32)62(72,73)74)52(54)58(80)76(57(51)79)38(7-3)8-4/h9-15,17-28,32,37-38H,5-8,16H2,1-4H3. The first kappa shape index (κ1) is 54.0. The van der Waals surface area contributed by atoms with Gasteiger partial charge >= 0.3 is 24.7 Å². The lowest BCUT2D eigenvalue weighted by Crippen LogP contribution is -2.47. The van der Waals surface area contributed by atoms with E-state index >= 15 is 19.2 Å². The highest BCUT2D eigenvalue weighted by Crippen LogP contribution is 2.55. The number of benzene rings is 8. The molecule has 0 bridgehead atoms. The molecule has 8 aromatic carbocycles. The molecule has 4 amide bonds. The maximum Gasteiger partial charge on any atom is 0.416 e. The minimum absolute atomic E-state index is 0.0128. The molecule has 0 fully saturated rings. The van der Waals surface area contributed by atoms with Crippen LogP contribution in [-0.4, -0.2) is 51.7 Å². The van der Waals surface area contributed by atoms with Crippen molar-refractivity contribution < 1.29 is 71.9 Å². The molecule has 410 valence electrons. The van der Waals surface area contributed by atoms with Crippen LogP contribution in [0.15, 0.2) is 121 Å². The van der Waals surface area contributed by atoms with E-state index in [1.54, 1.807) is 39.8 Å². The Hall–Kier alpha value is -8.02. The molecule has 1 aliphatic carbocycles. The van der Waals surface area contributed by atoms with Crippen LogP contribution in [0.4, 0.5) is 52.7 Å². The quantitative estimate of drug-likeness (QED) is 0.0592. The molecule has 0 spiro atoms. The van der Waals surface area contributed by atoms with E-state index in [1.165, 1.54) is 18.2 Å². The second-order valence-electron chi connectivity index (χ2n) is 20.4. The molecule has 0 saturated carbocycles. The number of rotatable bonds is 10. The third-order valence-corrected chi connectivity index (χ3v) is 16.2. The van der Waals surface area contributed by atoms with Gasteiger partial charge in [0.25, 0.3) is 23.6 Å². The molecule has 6 nitrogen and oxygen atoms in total. The first-order valence-corrected chi connectivity index (χ1v) is 25.8. The number of carbonyl (C=O) groups is 4. The van der Waals surface area contributed by atoms with Gasteiger partial charge in [0, 0.05) is 28.8 Å². The number of amides is 4. The van der Waals surface area contributed by atoms with Crippen molar-refractivity contribution in [3.8, 4) is 33.4 Å². The summed E-state index contributed by atoms with van der Waals surface area (Å²) in [4.78, 5) is 64.3. The largest absolute Gasteiger partial charge is 0.416 e. The summed E-state index contributed by atoms with van der Waals surface area (Å²) < 4.78 is 171. The molecule has 0 N–H and O–H groups in total. The molecule has 1 atom stereocenters. The molecule has 18 heteroatoms. The monoisotopic (exact) mass is 1110 g/mol. The predicted molar refractivity (Wildman–Crippen MR) is 279 cm³/mol. The normalized spacial score (nSPS) is 16.3. The van der Waals surface area contributed by atoms with Crippen molar-refractivity contribution in [2.24, 2.45) is 0 Å². The van der Waals surface area contributed by atoms with Crippen molar-refractivity contribution in [3.05, 3.63) is 165 Å². The highest BCUT2D eigenvalue weighted by molar-refractivity contribution is 6.44. The highest BCUT2D eigenvalue weighted by Gasteiger charge is 2.45. The predicted octanol–water partition coefficient (Wildman–Crippen LogP) is 17.9. The summed E-state index contributed by atoms with van der Waals surface area (Å²) >= 11 is 0. The van der Waals surface area contributed by atoms with Crippen molar-refractivity contribution >= 4 is 66.7 Å². The van der Waals surface area contributed by atoms with Crippen LogP contribution in [0.25, 0.3) is 76.5 Å². The molecule has 80 heavy (non-hydrogen) atoms. The Morgan fingerprint density at radius 3 is 1.02 bits per heavy atom. The van der Waals surface area contributed by atoms with Crippen molar-refractivity contribution in [1.82, 2.24) is 9.80 Å². The smallest absolute Gasteiger partial charge is 0.271 e. The van der Waals surface area contributed by atoms with Crippen LogP contribution in [0.2, 0.25) is 0 Å². The summed E-state index contributed by atoms with van der Waals surface area (Å²) in [5, 5.41) is 1.11. The molecular weight excluding hydrogens is 1060 g/mol. The van der Waals surface area contributed by atoms with E-state index < -0.39 is 88.6 Å². The Bertz CT molecular complexity index is 3970. The van der Waals surface area contributed by atoms with E-state index in [0.29, 0.717) is 0 Å². The van der Waals surface area contributed by atoms with Crippen LogP contribution in [-0.2, 0) is 18.5 Å². The van der Waals surface area contributed by atoms with E-state index in [4.69, 9.17) is 0 Å². The number of fused-ring (bicyclic) bond motifs is 2.